The Balaban J connectivity index is 1.65. The number of piperidine rings is 1. The molecule has 1 aromatic carbocycles. The molecular formula is C18H26N6O2. The van der Waals surface area contributed by atoms with E-state index in [4.69, 9.17) is 0 Å². The normalized spacial score (nSPS) is 17.3. The standard InChI is InChI=1S/C18H26N6O2/c1-4-23(5-2)17(25)13-7-6-10-24(12-13)18(26)19-14-8-9-16-15(11-14)20-21-22(16)3/h8-9,11,13H,4-7,10,12H2,1-3H3,(H,19,26)/t13-/m0/s1. The fraction of sp³-hybridized carbons (Fsp3) is 0.556. The summed E-state index contributed by atoms with van der Waals surface area (Å²) in [5, 5.41) is 11.0. The van der Waals surface area contributed by atoms with E-state index < -0.39 is 0 Å². The number of carbonyl (C=O) groups is 2. The summed E-state index contributed by atoms with van der Waals surface area (Å²) < 4.78 is 1.69. The molecule has 1 fully saturated rings. The van der Waals surface area contributed by atoms with Gasteiger partial charge < -0.3 is 15.1 Å². The maximum Gasteiger partial charge on any atom is 0.321 e. The van der Waals surface area contributed by atoms with Gasteiger partial charge in [-0.1, -0.05) is 5.21 Å². The second-order valence-corrected chi connectivity index (χ2v) is 6.64. The number of rotatable bonds is 4. The third-order valence-corrected chi connectivity index (χ3v) is 4.99. The molecule has 140 valence electrons. The van der Waals surface area contributed by atoms with E-state index in [1.807, 2.05) is 44.0 Å². The zero-order chi connectivity index (χ0) is 18.7. The number of hydrogen-bond donors (Lipinski definition) is 1. The van der Waals surface area contributed by atoms with Gasteiger partial charge in [-0.05, 0) is 44.9 Å². The Bertz CT molecular complexity index is 798. The summed E-state index contributed by atoms with van der Waals surface area (Å²) in [6.45, 7) is 6.51. The Morgan fingerprint density at radius 3 is 2.81 bits per heavy atom. The lowest BCUT2D eigenvalue weighted by Crippen LogP contribution is -2.47. The van der Waals surface area contributed by atoms with Crippen molar-refractivity contribution in [2.75, 3.05) is 31.5 Å². The van der Waals surface area contributed by atoms with Crippen molar-refractivity contribution in [2.45, 2.75) is 26.7 Å². The molecule has 3 rings (SSSR count). The molecule has 1 aliphatic heterocycles. The highest BCUT2D eigenvalue weighted by Crippen LogP contribution is 2.21. The molecule has 1 saturated heterocycles. The number of benzene rings is 1. The van der Waals surface area contributed by atoms with Gasteiger partial charge in [-0.15, -0.1) is 5.10 Å². The Morgan fingerprint density at radius 1 is 1.31 bits per heavy atom. The Hall–Kier alpha value is -2.64. The number of fused-ring (bicyclic) bond motifs is 1. The van der Waals surface area contributed by atoms with Crippen LogP contribution in [0.2, 0.25) is 0 Å². The number of urea groups is 1. The first-order valence-corrected chi connectivity index (χ1v) is 9.17. The van der Waals surface area contributed by atoms with Crippen LogP contribution in [0, 0.1) is 5.92 Å². The fourth-order valence-electron chi connectivity index (χ4n) is 3.48. The highest BCUT2D eigenvalue weighted by molar-refractivity contribution is 5.92. The molecule has 0 bridgehead atoms. The van der Waals surface area contributed by atoms with Gasteiger partial charge in [0.25, 0.3) is 0 Å². The molecule has 0 unspecified atom stereocenters. The van der Waals surface area contributed by atoms with E-state index >= 15 is 0 Å². The minimum Gasteiger partial charge on any atom is -0.343 e. The summed E-state index contributed by atoms with van der Waals surface area (Å²) in [6.07, 6.45) is 1.68. The number of nitrogens with one attached hydrogen (secondary N) is 1. The summed E-state index contributed by atoms with van der Waals surface area (Å²) in [5.41, 5.74) is 2.32. The van der Waals surface area contributed by atoms with Gasteiger partial charge in [-0.3, -0.25) is 4.79 Å². The van der Waals surface area contributed by atoms with Gasteiger partial charge >= 0.3 is 6.03 Å². The van der Waals surface area contributed by atoms with Crippen LogP contribution in [-0.4, -0.2) is 62.9 Å². The number of likely N-dealkylation sites (tertiary alicyclic amines) is 1. The molecule has 0 spiro atoms. The van der Waals surface area contributed by atoms with Crippen LogP contribution in [0.25, 0.3) is 11.0 Å². The average molecular weight is 358 g/mol. The minimum absolute atomic E-state index is 0.114. The molecule has 1 atom stereocenters. The monoisotopic (exact) mass is 358 g/mol. The topological polar surface area (TPSA) is 83.4 Å². The number of nitrogens with zero attached hydrogens (tertiary/aromatic N) is 5. The van der Waals surface area contributed by atoms with Crippen LogP contribution in [0.3, 0.4) is 0 Å². The van der Waals surface area contributed by atoms with E-state index in [0.717, 1.165) is 23.9 Å². The number of carbonyl (C=O) groups excluding carboxylic acids is 2. The molecule has 1 aliphatic rings. The van der Waals surface area contributed by atoms with Gasteiger partial charge in [0.05, 0.1) is 11.4 Å². The van der Waals surface area contributed by atoms with Crippen molar-refractivity contribution in [1.82, 2.24) is 24.8 Å². The SMILES string of the molecule is CCN(CC)C(=O)[C@H]1CCCN(C(=O)Nc2ccc3c(c2)nnn3C)C1. The molecule has 0 saturated carbocycles. The van der Waals surface area contributed by atoms with Gasteiger partial charge in [0.1, 0.15) is 5.52 Å². The summed E-state index contributed by atoms with van der Waals surface area (Å²) in [5.74, 6) is 0.0327. The molecule has 0 aliphatic carbocycles. The number of anilines is 1. The molecular weight excluding hydrogens is 332 g/mol. The van der Waals surface area contributed by atoms with Crippen molar-refractivity contribution in [3.63, 3.8) is 0 Å². The van der Waals surface area contributed by atoms with Gasteiger partial charge in [-0.2, -0.15) is 0 Å². The molecule has 1 aromatic heterocycles. The van der Waals surface area contributed by atoms with Gasteiger partial charge in [0.15, 0.2) is 0 Å². The quantitative estimate of drug-likeness (QED) is 0.907. The second-order valence-electron chi connectivity index (χ2n) is 6.64. The fourth-order valence-corrected chi connectivity index (χ4v) is 3.48. The lowest BCUT2D eigenvalue weighted by atomic mass is 9.96. The largest absolute Gasteiger partial charge is 0.343 e. The Morgan fingerprint density at radius 2 is 2.08 bits per heavy atom. The van der Waals surface area contributed by atoms with Crippen molar-refractivity contribution in [3.8, 4) is 0 Å². The Kier molecular flexibility index (Phi) is 5.39. The van der Waals surface area contributed by atoms with Crippen molar-refractivity contribution >= 4 is 28.7 Å². The number of amides is 3. The average Bonchev–Trinajstić information content (AvgIpc) is 3.03. The van der Waals surface area contributed by atoms with Gasteiger partial charge in [-0.25, -0.2) is 9.48 Å². The number of hydrogen-bond acceptors (Lipinski definition) is 4. The molecule has 8 nitrogen and oxygen atoms in total. The molecule has 2 aromatic rings. The molecule has 0 radical (unpaired) electrons. The van der Waals surface area contributed by atoms with Crippen LogP contribution < -0.4 is 5.32 Å². The third kappa shape index (κ3) is 3.63. The first-order valence-electron chi connectivity index (χ1n) is 9.17. The summed E-state index contributed by atoms with van der Waals surface area (Å²) in [7, 11) is 1.83. The summed E-state index contributed by atoms with van der Waals surface area (Å²) in [4.78, 5) is 28.8. The van der Waals surface area contributed by atoms with Crippen LogP contribution in [-0.2, 0) is 11.8 Å². The number of aromatic nitrogens is 3. The lowest BCUT2D eigenvalue weighted by molar-refractivity contribution is -0.136. The van der Waals surface area contributed by atoms with E-state index in [0.29, 0.717) is 31.9 Å². The Labute approximate surface area is 153 Å². The molecule has 26 heavy (non-hydrogen) atoms. The predicted molar refractivity (Wildman–Crippen MR) is 99.8 cm³/mol. The highest BCUT2D eigenvalue weighted by atomic mass is 16.2. The zero-order valence-corrected chi connectivity index (χ0v) is 15.6. The van der Waals surface area contributed by atoms with Crippen LogP contribution >= 0.6 is 0 Å². The van der Waals surface area contributed by atoms with E-state index in [2.05, 4.69) is 15.6 Å². The van der Waals surface area contributed by atoms with E-state index in [9.17, 15) is 9.59 Å². The van der Waals surface area contributed by atoms with Crippen molar-refractivity contribution < 1.29 is 9.59 Å². The first kappa shape index (κ1) is 18.2. The molecule has 3 amide bonds. The maximum absolute atomic E-state index is 12.6. The summed E-state index contributed by atoms with van der Waals surface area (Å²) in [6, 6.07) is 5.35. The highest BCUT2D eigenvalue weighted by Gasteiger charge is 2.30. The van der Waals surface area contributed by atoms with Crippen molar-refractivity contribution in [2.24, 2.45) is 13.0 Å². The van der Waals surface area contributed by atoms with Crippen LogP contribution in [0.5, 0.6) is 0 Å². The predicted octanol–water partition coefficient (Wildman–Crippen LogP) is 2.08. The molecule has 1 N–H and O–H groups in total. The minimum atomic E-state index is -0.176. The second kappa shape index (κ2) is 7.72. The van der Waals surface area contributed by atoms with Crippen LogP contribution in [0.4, 0.5) is 10.5 Å². The van der Waals surface area contributed by atoms with Crippen molar-refractivity contribution in [3.05, 3.63) is 18.2 Å². The van der Waals surface area contributed by atoms with Crippen LogP contribution in [0.1, 0.15) is 26.7 Å². The van der Waals surface area contributed by atoms with E-state index in [-0.39, 0.29) is 17.9 Å². The van der Waals surface area contributed by atoms with E-state index in [1.165, 1.54) is 0 Å². The molecule has 8 heteroatoms. The maximum atomic E-state index is 12.6. The molecule has 2 heterocycles. The number of aryl methyl sites for hydroxylation is 1. The van der Waals surface area contributed by atoms with Gasteiger partial charge in [0.2, 0.25) is 5.91 Å². The zero-order valence-electron chi connectivity index (χ0n) is 15.6. The third-order valence-electron chi connectivity index (χ3n) is 4.99. The first-order chi connectivity index (χ1) is 12.5. The van der Waals surface area contributed by atoms with E-state index in [1.54, 1.807) is 9.58 Å². The van der Waals surface area contributed by atoms with Gasteiger partial charge in [0, 0.05) is 38.9 Å². The van der Waals surface area contributed by atoms with Crippen molar-refractivity contribution in [1.29, 1.82) is 0 Å². The lowest BCUT2D eigenvalue weighted by Gasteiger charge is -2.34. The smallest absolute Gasteiger partial charge is 0.321 e. The van der Waals surface area contributed by atoms with Crippen LogP contribution in [0.15, 0.2) is 18.2 Å². The summed E-state index contributed by atoms with van der Waals surface area (Å²) >= 11 is 0.